The SMILES string of the molecule is CCN1c2ncc(CCOc3ccc(S(N)(=O)=O)c4ccccc34)cc2C(=O)N(C)c2cccnc21. The number of sulfonamides is 1. The highest BCUT2D eigenvalue weighted by Gasteiger charge is 2.30. The first-order valence-electron chi connectivity index (χ1n) is 11.5. The van der Waals surface area contributed by atoms with Gasteiger partial charge in [-0.1, -0.05) is 24.3 Å². The molecule has 10 heteroatoms. The Morgan fingerprint density at radius 2 is 1.78 bits per heavy atom. The monoisotopic (exact) mass is 503 g/mol. The van der Waals surface area contributed by atoms with Gasteiger partial charge < -0.3 is 14.5 Å². The second-order valence-electron chi connectivity index (χ2n) is 8.42. The molecule has 0 spiro atoms. The molecule has 0 fully saturated rings. The molecule has 4 aromatic rings. The van der Waals surface area contributed by atoms with Gasteiger partial charge in [-0.05, 0) is 42.8 Å². The summed E-state index contributed by atoms with van der Waals surface area (Å²) < 4.78 is 29.9. The minimum absolute atomic E-state index is 0.0546. The number of aromatic nitrogens is 2. The van der Waals surface area contributed by atoms with E-state index in [1.54, 1.807) is 48.6 Å². The number of amides is 1. The van der Waals surface area contributed by atoms with Crippen LogP contribution in [0.4, 0.5) is 17.3 Å². The summed E-state index contributed by atoms with van der Waals surface area (Å²) in [7, 11) is -2.13. The van der Waals surface area contributed by atoms with Gasteiger partial charge in [0.15, 0.2) is 5.82 Å². The van der Waals surface area contributed by atoms with Gasteiger partial charge in [0, 0.05) is 43.2 Å². The predicted octanol–water partition coefficient (Wildman–Crippen LogP) is 3.65. The molecule has 0 saturated carbocycles. The van der Waals surface area contributed by atoms with Gasteiger partial charge in [-0.3, -0.25) is 4.79 Å². The molecule has 2 aromatic heterocycles. The number of primary sulfonamides is 1. The van der Waals surface area contributed by atoms with Crippen LogP contribution in [0.3, 0.4) is 0 Å². The molecule has 36 heavy (non-hydrogen) atoms. The number of hydrogen-bond donors (Lipinski definition) is 1. The maximum Gasteiger partial charge on any atom is 0.261 e. The number of hydrogen-bond acceptors (Lipinski definition) is 7. The van der Waals surface area contributed by atoms with E-state index in [2.05, 4.69) is 9.97 Å². The van der Waals surface area contributed by atoms with E-state index in [0.29, 0.717) is 53.3 Å². The normalized spacial score (nSPS) is 13.4. The summed E-state index contributed by atoms with van der Waals surface area (Å²) in [6.07, 6.45) is 3.95. The first-order valence-corrected chi connectivity index (χ1v) is 13.0. The number of benzene rings is 2. The van der Waals surface area contributed by atoms with Crippen LogP contribution in [0, 0.1) is 0 Å². The maximum atomic E-state index is 13.3. The van der Waals surface area contributed by atoms with Crippen LogP contribution in [0.5, 0.6) is 5.75 Å². The van der Waals surface area contributed by atoms with Crippen molar-refractivity contribution in [2.75, 3.05) is 30.0 Å². The fourth-order valence-electron chi connectivity index (χ4n) is 4.45. The molecule has 0 bridgehead atoms. The topological polar surface area (TPSA) is 119 Å². The maximum absolute atomic E-state index is 13.3. The summed E-state index contributed by atoms with van der Waals surface area (Å²) in [6, 6.07) is 15.7. The predicted molar refractivity (Wildman–Crippen MR) is 138 cm³/mol. The van der Waals surface area contributed by atoms with Crippen LogP contribution in [0.25, 0.3) is 10.8 Å². The number of anilines is 3. The van der Waals surface area contributed by atoms with E-state index >= 15 is 0 Å². The van der Waals surface area contributed by atoms with Gasteiger partial charge in [0.2, 0.25) is 10.0 Å². The number of rotatable bonds is 6. The third kappa shape index (κ3) is 4.14. The molecule has 3 heterocycles. The Bertz CT molecular complexity index is 1590. The third-order valence-corrected chi connectivity index (χ3v) is 7.18. The lowest BCUT2D eigenvalue weighted by Gasteiger charge is -2.22. The average Bonchev–Trinajstić information content (AvgIpc) is 2.96. The van der Waals surface area contributed by atoms with Gasteiger partial charge in [0.05, 0.1) is 22.8 Å². The van der Waals surface area contributed by atoms with Gasteiger partial charge in [0.1, 0.15) is 11.6 Å². The van der Waals surface area contributed by atoms with E-state index in [9.17, 15) is 13.2 Å². The Hall–Kier alpha value is -4.02. The Morgan fingerprint density at radius 3 is 2.53 bits per heavy atom. The molecule has 0 aliphatic carbocycles. The van der Waals surface area contributed by atoms with Crippen molar-refractivity contribution in [3.8, 4) is 5.75 Å². The lowest BCUT2D eigenvalue weighted by atomic mass is 10.1. The fraction of sp³-hybridized carbons (Fsp3) is 0.192. The summed E-state index contributed by atoms with van der Waals surface area (Å²) in [5.41, 5.74) is 2.07. The second-order valence-corrected chi connectivity index (χ2v) is 9.95. The van der Waals surface area contributed by atoms with Crippen molar-refractivity contribution in [2.24, 2.45) is 5.14 Å². The van der Waals surface area contributed by atoms with Crippen LogP contribution >= 0.6 is 0 Å². The first-order chi connectivity index (χ1) is 17.3. The summed E-state index contributed by atoms with van der Waals surface area (Å²) >= 11 is 0. The number of nitrogens with zero attached hydrogens (tertiary/aromatic N) is 4. The van der Waals surface area contributed by atoms with E-state index < -0.39 is 10.0 Å². The lowest BCUT2D eigenvalue weighted by Crippen LogP contribution is -2.25. The largest absolute Gasteiger partial charge is 0.493 e. The van der Waals surface area contributed by atoms with Crippen molar-refractivity contribution in [2.45, 2.75) is 18.2 Å². The van der Waals surface area contributed by atoms with Crippen molar-refractivity contribution in [1.82, 2.24) is 9.97 Å². The van der Waals surface area contributed by atoms with Gasteiger partial charge in [-0.15, -0.1) is 0 Å². The summed E-state index contributed by atoms with van der Waals surface area (Å²) in [5, 5.41) is 6.53. The molecule has 2 aromatic carbocycles. The van der Waals surface area contributed by atoms with Crippen LogP contribution < -0.4 is 19.7 Å². The molecule has 1 amide bonds. The smallest absolute Gasteiger partial charge is 0.261 e. The van der Waals surface area contributed by atoms with Crippen LogP contribution in [0.2, 0.25) is 0 Å². The molecule has 184 valence electrons. The van der Waals surface area contributed by atoms with E-state index in [-0.39, 0.29) is 10.8 Å². The second kappa shape index (κ2) is 9.21. The standard InChI is InChI=1S/C26H25N5O4S/c1-3-31-24-20(26(32)30(2)21-9-6-13-28-25(21)31)15-17(16-29-24)12-14-35-22-10-11-23(36(27,33)34)19-8-5-4-7-18(19)22/h4-11,13,15-16H,3,12,14H2,1-2H3,(H2,27,33,34). The van der Waals surface area contributed by atoms with Gasteiger partial charge in [0.25, 0.3) is 5.91 Å². The summed E-state index contributed by atoms with van der Waals surface area (Å²) in [6.45, 7) is 2.91. The Labute approximate surface area is 209 Å². The number of carbonyl (C=O) groups is 1. The molecular formula is C26H25N5O4S. The molecular weight excluding hydrogens is 478 g/mol. The van der Waals surface area contributed by atoms with E-state index in [4.69, 9.17) is 9.88 Å². The number of ether oxygens (including phenoxy) is 1. The molecule has 1 aliphatic rings. The highest BCUT2D eigenvalue weighted by atomic mass is 32.2. The van der Waals surface area contributed by atoms with Crippen LogP contribution in [-0.4, -0.2) is 44.5 Å². The molecule has 2 N–H and O–H groups in total. The highest BCUT2D eigenvalue weighted by molar-refractivity contribution is 7.89. The minimum atomic E-state index is -3.87. The Kier molecular flexibility index (Phi) is 6.07. The van der Waals surface area contributed by atoms with Crippen molar-refractivity contribution in [1.29, 1.82) is 0 Å². The number of pyridine rings is 2. The molecule has 5 rings (SSSR count). The fourth-order valence-corrected chi connectivity index (χ4v) is 5.20. The molecule has 0 unspecified atom stereocenters. The minimum Gasteiger partial charge on any atom is -0.493 e. The average molecular weight is 504 g/mol. The quantitative estimate of drug-likeness (QED) is 0.427. The van der Waals surface area contributed by atoms with Gasteiger partial charge >= 0.3 is 0 Å². The number of nitrogens with two attached hydrogens (primary N) is 1. The van der Waals surface area contributed by atoms with E-state index in [1.165, 1.54) is 6.07 Å². The van der Waals surface area contributed by atoms with Crippen molar-refractivity contribution >= 4 is 44.0 Å². The van der Waals surface area contributed by atoms with Crippen molar-refractivity contribution < 1.29 is 17.9 Å². The van der Waals surface area contributed by atoms with Gasteiger partial charge in [-0.25, -0.2) is 23.5 Å². The van der Waals surface area contributed by atoms with Crippen molar-refractivity contribution in [3.63, 3.8) is 0 Å². The van der Waals surface area contributed by atoms with Crippen LogP contribution in [0.1, 0.15) is 22.8 Å². The zero-order valence-corrected chi connectivity index (χ0v) is 20.7. The molecule has 1 aliphatic heterocycles. The van der Waals surface area contributed by atoms with E-state index in [0.717, 1.165) is 11.3 Å². The molecule has 0 radical (unpaired) electrons. The Balaban J connectivity index is 1.41. The Morgan fingerprint density at radius 1 is 1.00 bits per heavy atom. The van der Waals surface area contributed by atoms with Crippen LogP contribution in [0.15, 0.2) is 71.9 Å². The summed E-state index contributed by atoms with van der Waals surface area (Å²) in [5.74, 6) is 1.65. The van der Waals surface area contributed by atoms with Gasteiger partial charge in [-0.2, -0.15) is 0 Å². The molecule has 0 atom stereocenters. The zero-order valence-electron chi connectivity index (χ0n) is 19.9. The van der Waals surface area contributed by atoms with E-state index in [1.807, 2.05) is 36.1 Å². The first kappa shape index (κ1) is 23.7. The highest BCUT2D eigenvalue weighted by Crippen LogP contribution is 2.37. The number of fused-ring (bicyclic) bond motifs is 3. The van der Waals surface area contributed by atoms with Crippen molar-refractivity contribution in [3.05, 3.63) is 78.1 Å². The van der Waals surface area contributed by atoms with Crippen LogP contribution in [-0.2, 0) is 16.4 Å². The third-order valence-electron chi connectivity index (χ3n) is 6.21. The summed E-state index contributed by atoms with van der Waals surface area (Å²) in [4.78, 5) is 26.0. The molecule has 0 saturated heterocycles. The molecule has 9 nitrogen and oxygen atoms in total. The zero-order chi connectivity index (χ0) is 25.4. The lowest BCUT2D eigenvalue weighted by molar-refractivity contribution is 0.0994. The number of carbonyl (C=O) groups excluding carboxylic acids is 1.